The lowest BCUT2D eigenvalue weighted by molar-refractivity contribution is -0.143. The smallest absolute Gasteiger partial charge is 0.276 e. The van der Waals surface area contributed by atoms with Crippen molar-refractivity contribution in [1.29, 1.82) is 0 Å². The van der Waals surface area contributed by atoms with Crippen LogP contribution in [-0.4, -0.2) is 11.7 Å². The number of fused-ring (bicyclic) bond motifs is 2. The molecule has 0 aromatic heterocycles. The van der Waals surface area contributed by atoms with Gasteiger partial charge in [0.05, 0.1) is 24.9 Å². The molecule has 24 heavy (non-hydrogen) atoms. The molecule has 1 unspecified atom stereocenters. The molecule has 0 fully saturated rings. The van der Waals surface area contributed by atoms with Gasteiger partial charge in [-0.05, 0) is 23.8 Å². The van der Waals surface area contributed by atoms with Crippen molar-refractivity contribution in [1.82, 2.24) is 0 Å². The normalized spacial score (nSPS) is 22.0. The second-order valence-corrected chi connectivity index (χ2v) is 6.37. The standard InChI is InChI=1S/C19H14ClNO3/c20-14-6-7-17-16(10-14)19(11-15(22)8-9-24-19)18(23)21(17)12-13-4-2-1-3-5-13/h1-10H,11-12H2. The van der Waals surface area contributed by atoms with Gasteiger partial charge in [0.1, 0.15) is 0 Å². The average Bonchev–Trinajstić information content (AvgIpc) is 2.78. The third-order valence-electron chi connectivity index (χ3n) is 4.40. The van der Waals surface area contributed by atoms with Gasteiger partial charge in [-0.25, -0.2) is 0 Å². The van der Waals surface area contributed by atoms with Gasteiger partial charge in [0.2, 0.25) is 5.60 Å². The summed E-state index contributed by atoms with van der Waals surface area (Å²) >= 11 is 6.13. The van der Waals surface area contributed by atoms with Crippen molar-refractivity contribution in [2.75, 3.05) is 4.90 Å². The molecule has 1 spiro atoms. The van der Waals surface area contributed by atoms with E-state index in [4.69, 9.17) is 16.3 Å². The molecule has 2 aromatic rings. The van der Waals surface area contributed by atoms with Crippen LogP contribution in [0.2, 0.25) is 5.02 Å². The van der Waals surface area contributed by atoms with E-state index in [9.17, 15) is 9.59 Å². The largest absolute Gasteiger partial charge is 0.480 e. The molecular formula is C19H14ClNO3. The Bertz CT molecular complexity index is 862. The first kappa shape index (κ1) is 15.0. The molecule has 0 N–H and O–H groups in total. The first-order valence-corrected chi connectivity index (χ1v) is 8.01. The number of anilines is 1. The summed E-state index contributed by atoms with van der Waals surface area (Å²) in [5.41, 5.74) is 1.08. The maximum absolute atomic E-state index is 13.2. The number of hydrogen-bond donors (Lipinski definition) is 0. The van der Waals surface area contributed by atoms with Crippen molar-refractivity contribution in [3.63, 3.8) is 0 Å². The molecule has 4 rings (SSSR count). The number of hydrogen-bond acceptors (Lipinski definition) is 3. The van der Waals surface area contributed by atoms with Gasteiger partial charge in [0, 0.05) is 16.7 Å². The number of amides is 1. The minimum atomic E-state index is -1.30. The summed E-state index contributed by atoms with van der Waals surface area (Å²) in [6.45, 7) is 0.414. The van der Waals surface area contributed by atoms with E-state index in [-0.39, 0.29) is 18.1 Å². The van der Waals surface area contributed by atoms with Gasteiger partial charge in [-0.15, -0.1) is 0 Å². The van der Waals surface area contributed by atoms with E-state index in [0.29, 0.717) is 17.1 Å². The maximum atomic E-state index is 13.2. The van der Waals surface area contributed by atoms with E-state index in [0.717, 1.165) is 11.3 Å². The number of allylic oxidation sites excluding steroid dienone is 1. The number of nitrogens with zero attached hydrogens (tertiary/aromatic N) is 1. The van der Waals surface area contributed by atoms with Gasteiger partial charge < -0.3 is 9.64 Å². The van der Waals surface area contributed by atoms with Crippen LogP contribution in [-0.2, 0) is 26.5 Å². The summed E-state index contributed by atoms with van der Waals surface area (Å²) in [7, 11) is 0. The lowest BCUT2D eigenvalue weighted by Gasteiger charge is -2.29. The van der Waals surface area contributed by atoms with Gasteiger partial charge in [0.25, 0.3) is 5.91 Å². The van der Waals surface area contributed by atoms with Crippen molar-refractivity contribution < 1.29 is 14.3 Å². The summed E-state index contributed by atoms with van der Waals surface area (Å²) in [6, 6.07) is 15.0. The molecule has 0 bridgehead atoms. The first-order valence-electron chi connectivity index (χ1n) is 7.63. The zero-order valence-electron chi connectivity index (χ0n) is 12.7. The molecule has 0 aliphatic carbocycles. The van der Waals surface area contributed by atoms with Crippen molar-refractivity contribution in [3.8, 4) is 0 Å². The zero-order chi connectivity index (χ0) is 16.7. The van der Waals surface area contributed by atoms with E-state index in [2.05, 4.69) is 0 Å². The zero-order valence-corrected chi connectivity index (χ0v) is 13.5. The van der Waals surface area contributed by atoms with E-state index in [1.807, 2.05) is 30.3 Å². The summed E-state index contributed by atoms with van der Waals surface area (Å²) in [5.74, 6) is -0.372. The van der Waals surface area contributed by atoms with Crippen LogP contribution in [0.15, 0.2) is 60.9 Å². The van der Waals surface area contributed by atoms with Gasteiger partial charge in [-0.1, -0.05) is 41.9 Å². The van der Waals surface area contributed by atoms with Gasteiger partial charge >= 0.3 is 0 Å². The highest BCUT2D eigenvalue weighted by molar-refractivity contribution is 6.31. The number of halogens is 1. The Morgan fingerprint density at radius 1 is 1.12 bits per heavy atom. The molecule has 0 radical (unpaired) electrons. The Balaban J connectivity index is 1.82. The molecule has 1 atom stereocenters. The Morgan fingerprint density at radius 2 is 1.92 bits per heavy atom. The second-order valence-electron chi connectivity index (χ2n) is 5.93. The number of ether oxygens (including phenoxy) is 1. The minimum absolute atomic E-state index is 0.0129. The monoisotopic (exact) mass is 339 g/mol. The van der Waals surface area contributed by atoms with Crippen LogP contribution in [0.1, 0.15) is 17.5 Å². The van der Waals surface area contributed by atoms with Crippen molar-refractivity contribution in [2.45, 2.75) is 18.6 Å². The number of rotatable bonds is 2. The third-order valence-corrected chi connectivity index (χ3v) is 4.64. The van der Waals surface area contributed by atoms with E-state index < -0.39 is 5.60 Å². The Morgan fingerprint density at radius 3 is 2.67 bits per heavy atom. The van der Waals surface area contributed by atoms with Crippen LogP contribution in [0.4, 0.5) is 5.69 Å². The van der Waals surface area contributed by atoms with Crippen LogP contribution < -0.4 is 4.90 Å². The minimum Gasteiger partial charge on any atom is -0.480 e. The predicted molar refractivity (Wildman–Crippen MR) is 90.6 cm³/mol. The van der Waals surface area contributed by atoms with Gasteiger partial charge in [-0.2, -0.15) is 0 Å². The highest BCUT2D eigenvalue weighted by atomic mass is 35.5. The number of ketones is 1. The molecule has 2 aliphatic heterocycles. The Hall–Kier alpha value is -2.59. The predicted octanol–water partition coefficient (Wildman–Crippen LogP) is 3.59. The fraction of sp³-hybridized carbons (Fsp3) is 0.158. The summed E-state index contributed by atoms with van der Waals surface area (Å²) in [5, 5.41) is 0.507. The van der Waals surface area contributed by atoms with Crippen LogP contribution in [0, 0.1) is 0 Å². The molecule has 120 valence electrons. The fourth-order valence-corrected chi connectivity index (χ4v) is 3.46. The average molecular weight is 340 g/mol. The molecule has 2 aromatic carbocycles. The highest BCUT2D eigenvalue weighted by Crippen LogP contribution is 2.47. The van der Waals surface area contributed by atoms with E-state index in [1.165, 1.54) is 12.3 Å². The lowest BCUT2D eigenvalue weighted by Crippen LogP contribution is -2.43. The molecule has 0 saturated heterocycles. The van der Waals surface area contributed by atoms with Gasteiger partial charge in [0.15, 0.2) is 5.78 Å². The number of benzene rings is 2. The van der Waals surface area contributed by atoms with Crippen LogP contribution in [0.5, 0.6) is 0 Å². The fourth-order valence-electron chi connectivity index (χ4n) is 3.29. The van der Waals surface area contributed by atoms with Crippen molar-refractivity contribution in [3.05, 3.63) is 77.0 Å². The molecule has 2 aliphatic rings. The van der Waals surface area contributed by atoms with Crippen LogP contribution in [0.3, 0.4) is 0 Å². The first-order chi connectivity index (χ1) is 11.6. The molecule has 5 heteroatoms. The summed E-state index contributed by atoms with van der Waals surface area (Å²) in [6.07, 6.45) is 2.64. The molecule has 2 heterocycles. The Kier molecular flexibility index (Phi) is 3.43. The van der Waals surface area contributed by atoms with E-state index >= 15 is 0 Å². The number of carbonyl (C=O) groups excluding carboxylic acids is 2. The lowest BCUT2D eigenvalue weighted by atomic mass is 9.88. The van der Waals surface area contributed by atoms with Crippen LogP contribution in [0.25, 0.3) is 0 Å². The quantitative estimate of drug-likeness (QED) is 0.840. The topological polar surface area (TPSA) is 46.6 Å². The van der Waals surface area contributed by atoms with Gasteiger partial charge in [-0.3, -0.25) is 9.59 Å². The molecule has 4 nitrogen and oxygen atoms in total. The third kappa shape index (κ3) is 2.22. The maximum Gasteiger partial charge on any atom is 0.276 e. The number of carbonyl (C=O) groups is 2. The summed E-state index contributed by atoms with van der Waals surface area (Å²) in [4.78, 5) is 26.8. The second kappa shape index (κ2) is 5.49. The van der Waals surface area contributed by atoms with Crippen LogP contribution >= 0.6 is 11.6 Å². The summed E-state index contributed by atoms with van der Waals surface area (Å²) < 4.78 is 5.71. The van der Waals surface area contributed by atoms with Crippen molar-refractivity contribution >= 4 is 29.0 Å². The van der Waals surface area contributed by atoms with Crippen molar-refractivity contribution in [2.24, 2.45) is 0 Å². The molecule has 1 amide bonds. The van der Waals surface area contributed by atoms with E-state index in [1.54, 1.807) is 23.1 Å². The Labute approximate surface area is 144 Å². The highest BCUT2D eigenvalue weighted by Gasteiger charge is 2.54. The molecule has 0 saturated carbocycles. The molecular weight excluding hydrogens is 326 g/mol. The SMILES string of the molecule is O=C1C=COC2(C1)C(=O)N(Cc1ccccc1)c1ccc(Cl)cc12.